The van der Waals surface area contributed by atoms with Gasteiger partial charge >= 0.3 is 0 Å². The summed E-state index contributed by atoms with van der Waals surface area (Å²) in [6.07, 6.45) is 0.841. The molecule has 0 N–H and O–H groups in total. The van der Waals surface area contributed by atoms with Crippen LogP contribution < -0.4 is 0 Å². The molecule has 0 heterocycles. The summed E-state index contributed by atoms with van der Waals surface area (Å²) in [6, 6.07) is 0. The fraction of sp³-hybridized carbons (Fsp3) is 0.833. The smallest absolute Gasteiger partial charge is 0.103 e. The SMILES string of the molecule is FC1C[CH]CC(F)C1. The molecule has 1 radical (unpaired) electrons. The van der Waals surface area contributed by atoms with Crippen molar-refractivity contribution in [3.05, 3.63) is 6.42 Å². The second-order valence-electron chi connectivity index (χ2n) is 2.19. The molecule has 1 rings (SSSR count). The minimum absolute atomic E-state index is 0.108. The molecule has 2 heteroatoms. The monoisotopic (exact) mass is 119 g/mol. The molecule has 2 atom stereocenters. The highest BCUT2D eigenvalue weighted by Gasteiger charge is 2.20. The van der Waals surface area contributed by atoms with Gasteiger partial charge in [0.1, 0.15) is 12.3 Å². The third kappa shape index (κ3) is 1.42. The molecule has 0 amide bonds. The van der Waals surface area contributed by atoms with E-state index < -0.39 is 12.3 Å². The van der Waals surface area contributed by atoms with E-state index >= 15 is 0 Å². The van der Waals surface area contributed by atoms with E-state index in [1.54, 1.807) is 6.42 Å². The van der Waals surface area contributed by atoms with E-state index in [0.29, 0.717) is 12.8 Å². The lowest BCUT2D eigenvalue weighted by molar-refractivity contribution is 0.186. The Morgan fingerprint density at radius 1 is 1.12 bits per heavy atom. The average Bonchev–Trinajstić information content (AvgIpc) is 1.64. The maximum Gasteiger partial charge on any atom is 0.103 e. The molecule has 1 aliphatic carbocycles. The number of alkyl halides is 2. The molecule has 1 fully saturated rings. The van der Waals surface area contributed by atoms with Gasteiger partial charge in [0.15, 0.2) is 0 Å². The first kappa shape index (κ1) is 5.99. The lowest BCUT2D eigenvalue weighted by Gasteiger charge is -2.16. The maximum absolute atomic E-state index is 12.2. The number of rotatable bonds is 0. The van der Waals surface area contributed by atoms with Crippen LogP contribution in [0.4, 0.5) is 8.78 Å². The van der Waals surface area contributed by atoms with Gasteiger partial charge in [-0.15, -0.1) is 0 Å². The first-order valence-corrected chi connectivity index (χ1v) is 2.89. The van der Waals surface area contributed by atoms with Gasteiger partial charge in [-0.2, -0.15) is 0 Å². The number of hydrogen-bond acceptors (Lipinski definition) is 0. The molecule has 0 aromatic carbocycles. The van der Waals surface area contributed by atoms with Gasteiger partial charge in [0.2, 0.25) is 0 Å². The largest absolute Gasteiger partial charge is 0.247 e. The van der Waals surface area contributed by atoms with Crippen molar-refractivity contribution in [2.24, 2.45) is 0 Å². The Labute approximate surface area is 47.9 Å². The molecule has 1 aliphatic rings. The Kier molecular flexibility index (Phi) is 1.81. The summed E-state index contributed by atoms with van der Waals surface area (Å²) < 4.78 is 24.3. The van der Waals surface area contributed by atoms with Crippen molar-refractivity contribution in [1.29, 1.82) is 0 Å². The molecule has 0 aromatic heterocycles. The summed E-state index contributed by atoms with van der Waals surface area (Å²) >= 11 is 0. The number of hydrogen-bond donors (Lipinski definition) is 0. The standard InChI is InChI=1S/C6H9F2/c7-5-2-1-3-6(8)4-5/h1,5-6H,2-4H2. The quantitative estimate of drug-likeness (QED) is 0.457. The third-order valence-corrected chi connectivity index (χ3v) is 1.36. The minimum atomic E-state index is -0.918. The first-order chi connectivity index (χ1) is 3.79. The predicted molar refractivity (Wildman–Crippen MR) is 27.9 cm³/mol. The van der Waals surface area contributed by atoms with Crippen molar-refractivity contribution in [3.8, 4) is 0 Å². The highest BCUT2D eigenvalue weighted by molar-refractivity contribution is 4.82. The second-order valence-corrected chi connectivity index (χ2v) is 2.19. The summed E-state index contributed by atoms with van der Waals surface area (Å²) in [5.74, 6) is 0. The summed E-state index contributed by atoms with van der Waals surface area (Å²) in [7, 11) is 0. The zero-order chi connectivity index (χ0) is 5.98. The van der Waals surface area contributed by atoms with Crippen LogP contribution in [0.2, 0.25) is 0 Å². The molecular formula is C6H9F2. The Hall–Kier alpha value is -0.140. The molecule has 47 valence electrons. The molecule has 0 bridgehead atoms. The van der Waals surface area contributed by atoms with Crippen molar-refractivity contribution in [1.82, 2.24) is 0 Å². The van der Waals surface area contributed by atoms with Crippen LogP contribution in [0.1, 0.15) is 19.3 Å². The van der Waals surface area contributed by atoms with E-state index in [-0.39, 0.29) is 6.42 Å². The van der Waals surface area contributed by atoms with Crippen LogP contribution in [0.3, 0.4) is 0 Å². The summed E-state index contributed by atoms with van der Waals surface area (Å²) in [5.41, 5.74) is 0. The zero-order valence-corrected chi connectivity index (χ0v) is 4.61. The minimum Gasteiger partial charge on any atom is -0.247 e. The molecule has 0 spiro atoms. The lowest BCUT2D eigenvalue weighted by Crippen LogP contribution is -2.16. The van der Waals surface area contributed by atoms with Gasteiger partial charge in [-0.3, -0.25) is 0 Å². The third-order valence-electron chi connectivity index (χ3n) is 1.36. The predicted octanol–water partition coefficient (Wildman–Crippen LogP) is 2.05. The Morgan fingerprint density at radius 3 is 1.88 bits per heavy atom. The molecule has 1 saturated carbocycles. The van der Waals surface area contributed by atoms with E-state index in [1.165, 1.54) is 0 Å². The van der Waals surface area contributed by atoms with Crippen LogP contribution in [0.15, 0.2) is 0 Å². The molecular weight excluding hydrogens is 110 g/mol. The van der Waals surface area contributed by atoms with Crippen LogP contribution in [-0.4, -0.2) is 12.3 Å². The maximum atomic E-state index is 12.2. The average molecular weight is 119 g/mol. The van der Waals surface area contributed by atoms with Crippen LogP contribution in [0.25, 0.3) is 0 Å². The van der Waals surface area contributed by atoms with Crippen molar-refractivity contribution < 1.29 is 8.78 Å². The lowest BCUT2D eigenvalue weighted by atomic mass is 9.97. The van der Waals surface area contributed by atoms with Crippen LogP contribution in [0, 0.1) is 6.42 Å². The molecule has 2 unspecified atom stereocenters. The van der Waals surface area contributed by atoms with Gasteiger partial charge in [0.25, 0.3) is 0 Å². The highest BCUT2D eigenvalue weighted by Crippen LogP contribution is 2.21. The normalized spacial score (nSPS) is 39.8. The van der Waals surface area contributed by atoms with E-state index in [1.807, 2.05) is 0 Å². The van der Waals surface area contributed by atoms with E-state index in [0.717, 1.165) is 0 Å². The van der Waals surface area contributed by atoms with Gasteiger partial charge in [0.05, 0.1) is 0 Å². The summed E-state index contributed by atoms with van der Waals surface area (Å²) in [5, 5.41) is 0. The van der Waals surface area contributed by atoms with Crippen molar-refractivity contribution in [2.75, 3.05) is 0 Å². The molecule has 0 saturated heterocycles. The highest BCUT2D eigenvalue weighted by atomic mass is 19.1. The number of halogens is 2. The topological polar surface area (TPSA) is 0 Å². The van der Waals surface area contributed by atoms with E-state index in [4.69, 9.17) is 0 Å². The van der Waals surface area contributed by atoms with E-state index in [9.17, 15) is 8.78 Å². The fourth-order valence-electron chi connectivity index (χ4n) is 0.928. The summed E-state index contributed by atoms with van der Waals surface area (Å²) in [4.78, 5) is 0. The van der Waals surface area contributed by atoms with Crippen LogP contribution >= 0.6 is 0 Å². The molecule has 0 nitrogen and oxygen atoms in total. The van der Waals surface area contributed by atoms with E-state index in [2.05, 4.69) is 0 Å². The molecule has 0 aromatic rings. The van der Waals surface area contributed by atoms with Gasteiger partial charge < -0.3 is 0 Å². The van der Waals surface area contributed by atoms with Gasteiger partial charge in [0, 0.05) is 6.42 Å². The Balaban J connectivity index is 2.23. The zero-order valence-electron chi connectivity index (χ0n) is 4.61. The second kappa shape index (κ2) is 2.42. The molecule has 8 heavy (non-hydrogen) atoms. The van der Waals surface area contributed by atoms with Gasteiger partial charge in [-0.1, -0.05) is 0 Å². The van der Waals surface area contributed by atoms with Crippen LogP contribution in [0.5, 0.6) is 0 Å². The van der Waals surface area contributed by atoms with Crippen molar-refractivity contribution in [3.63, 3.8) is 0 Å². The summed E-state index contributed by atoms with van der Waals surface area (Å²) in [6.45, 7) is 0. The fourth-order valence-corrected chi connectivity index (χ4v) is 0.928. The Bertz CT molecular complexity index is 64.9. The van der Waals surface area contributed by atoms with Gasteiger partial charge in [-0.25, -0.2) is 8.78 Å². The van der Waals surface area contributed by atoms with Gasteiger partial charge in [-0.05, 0) is 19.3 Å². The van der Waals surface area contributed by atoms with Crippen molar-refractivity contribution in [2.45, 2.75) is 31.6 Å². The molecule has 0 aliphatic heterocycles. The van der Waals surface area contributed by atoms with Crippen LogP contribution in [-0.2, 0) is 0 Å². The first-order valence-electron chi connectivity index (χ1n) is 2.89. The Morgan fingerprint density at radius 2 is 1.62 bits per heavy atom. The van der Waals surface area contributed by atoms with Crippen molar-refractivity contribution >= 4 is 0 Å².